The summed E-state index contributed by atoms with van der Waals surface area (Å²) in [6.07, 6.45) is 4.94. The molecule has 1 aliphatic rings. The first-order valence-corrected chi connectivity index (χ1v) is 8.31. The van der Waals surface area contributed by atoms with Crippen LogP contribution in [0.5, 0.6) is 0 Å². The van der Waals surface area contributed by atoms with Gasteiger partial charge in [-0.25, -0.2) is 0 Å². The fraction of sp³-hybridized carbons (Fsp3) is 0.667. The van der Waals surface area contributed by atoms with Gasteiger partial charge in [0.25, 0.3) is 0 Å². The lowest BCUT2D eigenvalue weighted by molar-refractivity contribution is 0.153. The van der Waals surface area contributed by atoms with E-state index in [1.165, 1.54) is 49.9 Å². The molecule has 0 aromatic heterocycles. The van der Waals surface area contributed by atoms with Crippen molar-refractivity contribution in [3.05, 3.63) is 35.4 Å². The quantitative estimate of drug-likeness (QED) is 0.814. The topological polar surface area (TPSA) is 15.3 Å². The van der Waals surface area contributed by atoms with E-state index in [2.05, 4.69) is 55.3 Å². The van der Waals surface area contributed by atoms with Crippen molar-refractivity contribution < 1.29 is 0 Å². The lowest BCUT2D eigenvalue weighted by atomic mass is 10.0. The maximum Gasteiger partial charge on any atom is 0.0323 e. The van der Waals surface area contributed by atoms with Gasteiger partial charge in [0.05, 0.1) is 0 Å². The first kappa shape index (κ1) is 15.5. The molecule has 2 unspecified atom stereocenters. The highest BCUT2D eigenvalue weighted by molar-refractivity contribution is 5.25. The van der Waals surface area contributed by atoms with E-state index in [9.17, 15) is 0 Å². The monoisotopic (exact) mass is 274 g/mol. The Morgan fingerprint density at radius 3 is 2.50 bits per heavy atom. The smallest absolute Gasteiger partial charge is 0.0323 e. The number of hydrogen-bond acceptors (Lipinski definition) is 2. The molecule has 1 N–H and O–H groups in total. The zero-order valence-corrected chi connectivity index (χ0v) is 13.4. The van der Waals surface area contributed by atoms with Crippen LogP contribution < -0.4 is 5.32 Å². The fourth-order valence-corrected chi connectivity index (χ4v) is 3.32. The SMILES string of the molecule is CCCc1ccc(C(C)N(CCC)C2CCNC2)cc1. The molecule has 1 fully saturated rings. The normalized spacial score (nSPS) is 20.5. The van der Waals surface area contributed by atoms with Crippen LogP contribution in [0.2, 0.25) is 0 Å². The summed E-state index contributed by atoms with van der Waals surface area (Å²) in [4.78, 5) is 2.69. The third-order valence-corrected chi connectivity index (χ3v) is 4.48. The van der Waals surface area contributed by atoms with E-state index in [1.807, 2.05) is 0 Å². The maximum absolute atomic E-state index is 3.50. The van der Waals surface area contributed by atoms with Gasteiger partial charge in [-0.05, 0) is 50.4 Å². The standard InChI is InChI=1S/C18H30N2/c1-4-6-16-7-9-17(10-8-16)15(3)20(13-5-2)18-11-12-19-14-18/h7-10,15,18-19H,4-6,11-14H2,1-3H3. The molecule has 0 amide bonds. The van der Waals surface area contributed by atoms with Gasteiger partial charge in [-0.15, -0.1) is 0 Å². The van der Waals surface area contributed by atoms with Gasteiger partial charge in [0.15, 0.2) is 0 Å². The Morgan fingerprint density at radius 2 is 1.95 bits per heavy atom. The summed E-state index contributed by atoms with van der Waals surface area (Å²) in [7, 11) is 0. The fourth-order valence-electron chi connectivity index (χ4n) is 3.32. The molecule has 1 aromatic carbocycles. The predicted octanol–water partition coefficient (Wildman–Crippen LogP) is 3.77. The van der Waals surface area contributed by atoms with Gasteiger partial charge in [-0.3, -0.25) is 4.90 Å². The zero-order chi connectivity index (χ0) is 14.4. The van der Waals surface area contributed by atoms with E-state index >= 15 is 0 Å². The molecule has 112 valence electrons. The van der Waals surface area contributed by atoms with Crippen LogP contribution in [0, 0.1) is 0 Å². The zero-order valence-electron chi connectivity index (χ0n) is 13.4. The van der Waals surface area contributed by atoms with Crippen LogP contribution in [0.3, 0.4) is 0 Å². The summed E-state index contributed by atoms with van der Waals surface area (Å²) >= 11 is 0. The lowest BCUT2D eigenvalue weighted by Gasteiger charge is -2.34. The Balaban J connectivity index is 2.07. The van der Waals surface area contributed by atoms with E-state index in [0.29, 0.717) is 12.1 Å². The van der Waals surface area contributed by atoms with Crippen molar-refractivity contribution in [2.24, 2.45) is 0 Å². The highest BCUT2D eigenvalue weighted by atomic mass is 15.2. The average Bonchev–Trinajstić information content (AvgIpc) is 2.99. The van der Waals surface area contributed by atoms with E-state index in [4.69, 9.17) is 0 Å². The molecule has 2 heteroatoms. The van der Waals surface area contributed by atoms with Gasteiger partial charge in [0, 0.05) is 18.6 Å². The van der Waals surface area contributed by atoms with Crippen molar-refractivity contribution in [2.75, 3.05) is 19.6 Å². The van der Waals surface area contributed by atoms with Crippen LogP contribution in [0.25, 0.3) is 0 Å². The Bertz CT molecular complexity index is 379. The van der Waals surface area contributed by atoms with Crippen molar-refractivity contribution in [3.8, 4) is 0 Å². The average molecular weight is 274 g/mol. The second-order valence-electron chi connectivity index (χ2n) is 6.05. The van der Waals surface area contributed by atoms with Crippen molar-refractivity contribution in [2.45, 2.75) is 58.5 Å². The number of nitrogens with one attached hydrogen (secondary N) is 1. The van der Waals surface area contributed by atoms with Gasteiger partial charge in [-0.2, -0.15) is 0 Å². The summed E-state index contributed by atoms with van der Waals surface area (Å²) in [5.41, 5.74) is 2.93. The first-order valence-electron chi connectivity index (χ1n) is 8.31. The summed E-state index contributed by atoms with van der Waals surface area (Å²) < 4.78 is 0. The molecular weight excluding hydrogens is 244 g/mol. The van der Waals surface area contributed by atoms with Crippen LogP contribution in [0.1, 0.15) is 57.2 Å². The number of nitrogens with zero attached hydrogens (tertiary/aromatic N) is 1. The van der Waals surface area contributed by atoms with Crippen molar-refractivity contribution in [3.63, 3.8) is 0 Å². The largest absolute Gasteiger partial charge is 0.315 e. The van der Waals surface area contributed by atoms with Gasteiger partial charge >= 0.3 is 0 Å². The highest BCUT2D eigenvalue weighted by Crippen LogP contribution is 2.25. The minimum absolute atomic E-state index is 0.524. The Morgan fingerprint density at radius 1 is 1.20 bits per heavy atom. The molecule has 1 saturated heterocycles. The Kier molecular flexibility index (Phi) is 6.06. The number of hydrogen-bond donors (Lipinski definition) is 1. The van der Waals surface area contributed by atoms with Crippen molar-refractivity contribution in [1.82, 2.24) is 10.2 Å². The number of aryl methyl sites for hydroxylation is 1. The minimum atomic E-state index is 0.524. The second-order valence-corrected chi connectivity index (χ2v) is 6.05. The Labute approximate surface area is 124 Å². The molecule has 2 rings (SSSR count). The molecular formula is C18H30N2. The molecule has 0 bridgehead atoms. The van der Waals surface area contributed by atoms with Crippen molar-refractivity contribution in [1.29, 1.82) is 0 Å². The molecule has 0 radical (unpaired) electrons. The third-order valence-electron chi connectivity index (χ3n) is 4.48. The second kappa shape index (κ2) is 7.80. The van der Waals surface area contributed by atoms with Crippen LogP contribution in [0.4, 0.5) is 0 Å². The summed E-state index contributed by atoms with van der Waals surface area (Å²) in [6.45, 7) is 10.4. The van der Waals surface area contributed by atoms with Crippen molar-refractivity contribution >= 4 is 0 Å². The van der Waals surface area contributed by atoms with Crippen LogP contribution in [-0.2, 0) is 6.42 Å². The van der Waals surface area contributed by atoms with E-state index in [0.717, 1.165) is 6.54 Å². The Hall–Kier alpha value is -0.860. The summed E-state index contributed by atoms with van der Waals surface area (Å²) in [5, 5.41) is 3.50. The molecule has 20 heavy (non-hydrogen) atoms. The van der Waals surface area contributed by atoms with Gasteiger partial charge < -0.3 is 5.32 Å². The number of benzene rings is 1. The molecule has 2 atom stereocenters. The summed E-state index contributed by atoms with van der Waals surface area (Å²) in [5.74, 6) is 0. The summed E-state index contributed by atoms with van der Waals surface area (Å²) in [6, 6.07) is 10.5. The van der Waals surface area contributed by atoms with E-state index < -0.39 is 0 Å². The van der Waals surface area contributed by atoms with Crippen LogP contribution >= 0.6 is 0 Å². The minimum Gasteiger partial charge on any atom is -0.315 e. The molecule has 1 aromatic rings. The van der Waals surface area contributed by atoms with E-state index in [-0.39, 0.29) is 0 Å². The van der Waals surface area contributed by atoms with Crippen LogP contribution in [-0.4, -0.2) is 30.6 Å². The van der Waals surface area contributed by atoms with Gasteiger partial charge in [0.2, 0.25) is 0 Å². The van der Waals surface area contributed by atoms with Gasteiger partial charge in [-0.1, -0.05) is 44.5 Å². The molecule has 1 aliphatic heterocycles. The highest BCUT2D eigenvalue weighted by Gasteiger charge is 2.26. The molecule has 2 nitrogen and oxygen atoms in total. The molecule has 0 aliphatic carbocycles. The predicted molar refractivity (Wildman–Crippen MR) is 87.1 cm³/mol. The molecule has 1 heterocycles. The molecule has 0 saturated carbocycles. The van der Waals surface area contributed by atoms with E-state index in [1.54, 1.807) is 0 Å². The first-order chi connectivity index (χ1) is 9.76. The number of rotatable bonds is 7. The van der Waals surface area contributed by atoms with Crippen LogP contribution in [0.15, 0.2) is 24.3 Å². The molecule has 0 spiro atoms. The maximum atomic E-state index is 3.50. The lowest BCUT2D eigenvalue weighted by Crippen LogP contribution is -2.39. The van der Waals surface area contributed by atoms with Gasteiger partial charge in [0.1, 0.15) is 0 Å². The third kappa shape index (κ3) is 3.83.